The lowest BCUT2D eigenvalue weighted by Gasteiger charge is -2.13. The van der Waals surface area contributed by atoms with Gasteiger partial charge in [0.05, 0.1) is 21.7 Å². The molecule has 0 aliphatic heterocycles. The van der Waals surface area contributed by atoms with E-state index in [2.05, 4.69) is 0 Å². The van der Waals surface area contributed by atoms with Crippen LogP contribution in [0.3, 0.4) is 0 Å². The number of aromatic nitrogens is 1. The molecule has 0 fully saturated rings. The molecule has 3 rings (SSSR count). The maximum absolute atomic E-state index is 12.9. The van der Waals surface area contributed by atoms with Crippen molar-refractivity contribution in [3.63, 3.8) is 0 Å². The van der Waals surface area contributed by atoms with Gasteiger partial charge in [-0.1, -0.05) is 41.9 Å². The number of benzene rings is 2. The minimum Gasteiger partial charge on any atom is -0.311 e. The first kappa shape index (κ1) is 15.6. The predicted molar refractivity (Wildman–Crippen MR) is 84.6 cm³/mol. The van der Waals surface area contributed by atoms with E-state index in [-0.39, 0.29) is 16.1 Å². The standard InChI is InChI=1S/C17H11ClF3NO/c1-22-13-8-3-2-7-12(13)15(18)14(16(22)23)10-5-4-6-11(9-10)17(19,20)21/h2-9H,1H3. The van der Waals surface area contributed by atoms with Crippen LogP contribution in [-0.4, -0.2) is 4.57 Å². The van der Waals surface area contributed by atoms with Gasteiger partial charge in [-0.25, -0.2) is 0 Å². The van der Waals surface area contributed by atoms with Gasteiger partial charge in [-0.05, 0) is 23.8 Å². The Hall–Kier alpha value is -2.27. The highest BCUT2D eigenvalue weighted by Crippen LogP contribution is 2.35. The lowest BCUT2D eigenvalue weighted by molar-refractivity contribution is -0.137. The molecule has 118 valence electrons. The second-order valence-corrected chi connectivity index (χ2v) is 5.53. The molecular weight excluding hydrogens is 327 g/mol. The molecule has 0 bridgehead atoms. The van der Waals surface area contributed by atoms with Crippen LogP contribution >= 0.6 is 11.6 Å². The van der Waals surface area contributed by atoms with Gasteiger partial charge in [-0.3, -0.25) is 4.79 Å². The minimum absolute atomic E-state index is 0.0685. The number of fused-ring (bicyclic) bond motifs is 1. The van der Waals surface area contributed by atoms with Crippen molar-refractivity contribution in [2.75, 3.05) is 0 Å². The fourth-order valence-corrected chi connectivity index (χ4v) is 2.91. The predicted octanol–water partition coefficient (Wildman–Crippen LogP) is 4.88. The third kappa shape index (κ3) is 2.61. The van der Waals surface area contributed by atoms with Crippen LogP contribution in [0.5, 0.6) is 0 Å². The molecule has 0 radical (unpaired) electrons. The van der Waals surface area contributed by atoms with Gasteiger partial charge in [0.25, 0.3) is 5.56 Å². The molecule has 0 atom stereocenters. The highest BCUT2D eigenvalue weighted by atomic mass is 35.5. The maximum atomic E-state index is 12.9. The zero-order valence-corrected chi connectivity index (χ0v) is 12.7. The fourth-order valence-electron chi connectivity index (χ4n) is 2.56. The first-order chi connectivity index (χ1) is 10.8. The second kappa shape index (κ2) is 5.42. The fraction of sp³-hybridized carbons (Fsp3) is 0.118. The van der Waals surface area contributed by atoms with Crippen LogP contribution in [0.2, 0.25) is 5.02 Å². The Morgan fingerprint density at radius 2 is 1.74 bits per heavy atom. The molecule has 0 aliphatic rings. The normalized spacial score (nSPS) is 11.9. The van der Waals surface area contributed by atoms with Crippen molar-refractivity contribution in [2.45, 2.75) is 6.18 Å². The van der Waals surface area contributed by atoms with Crippen LogP contribution in [0.15, 0.2) is 53.3 Å². The molecule has 0 saturated carbocycles. The summed E-state index contributed by atoms with van der Waals surface area (Å²) in [6.45, 7) is 0. The van der Waals surface area contributed by atoms with Crippen molar-refractivity contribution < 1.29 is 13.2 Å². The number of rotatable bonds is 1. The minimum atomic E-state index is -4.48. The molecule has 3 aromatic rings. The second-order valence-electron chi connectivity index (χ2n) is 5.15. The average molecular weight is 338 g/mol. The molecule has 23 heavy (non-hydrogen) atoms. The number of aryl methyl sites for hydroxylation is 1. The number of hydrogen-bond acceptors (Lipinski definition) is 1. The average Bonchev–Trinajstić information content (AvgIpc) is 2.52. The molecule has 6 heteroatoms. The summed E-state index contributed by atoms with van der Waals surface area (Å²) in [6, 6.07) is 11.6. The monoisotopic (exact) mass is 337 g/mol. The van der Waals surface area contributed by atoms with E-state index < -0.39 is 17.3 Å². The Labute approximate surface area is 134 Å². The third-order valence-corrected chi connectivity index (χ3v) is 4.11. The molecule has 0 spiro atoms. The zero-order valence-electron chi connectivity index (χ0n) is 12.0. The molecule has 1 heterocycles. The molecule has 0 unspecified atom stereocenters. The van der Waals surface area contributed by atoms with Crippen molar-refractivity contribution in [2.24, 2.45) is 7.05 Å². The molecule has 0 aliphatic carbocycles. The van der Waals surface area contributed by atoms with Crippen LogP contribution in [-0.2, 0) is 13.2 Å². The largest absolute Gasteiger partial charge is 0.416 e. The Morgan fingerprint density at radius 3 is 2.43 bits per heavy atom. The van der Waals surface area contributed by atoms with E-state index in [1.807, 2.05) is 0 Å². The van der Waals surface area contributed by atoms with E-state index in [0.717, 1.165) is 12.1 Å². The van der Waals surface area contributed by atoms with Gasteiger partial charge in [0, 0.05) is 12.4 Å². The Morgan fingerprint density at radius 1 is 1.04 bits per heavy atom. The number of halogens is 4. The van der Waals surface area contributed by atoms with Gasteiger partial charge in [0.15, 0.2) is 0 Å². The summed E-state index contributed by atoms with van der Waals surface area (Å²) in [4.78, 5) is 12.6. The van der Waals surface area contributed by atoms with Crippen molar-refractivity contribution in [3.05, 3.63) is 69.5 Å². The van der Waals surface area contributed by atoms with Crippen molar-refractivity contribution in [3.8, 4) is 11.1 Å². The third-order valence-electron chi connectivity index (χ3n) is 3.72. The number of alkyl halides is 3. The molecule has 0 saturated heterocycles. The Bertz CT molecular complexity index is 960. The summed E-state index contributed by atoms with van der Waals surface area (Å²) in [5.74, 6) is 0. The first-order valence-electron chi connectivity index (χ1n) is 6.75. The summed E-state index contributed by atoms with van der Waals surface area (Å²) in [5.41, 5.74) is -0.414. The van der Waals surface area contributed by atoms with Gasteiger partial charge >= 0.3 is 6.18 Å². The number of para-hydroxylation sites is 1. The van der Waals surface area contributed by atoms with Crippen molar-refractivity contribution in [1.82, 2.24) is 4.57 Å². The summed E-state index contributed by atoms with van der Waals surface area (Å²) < 4.78 is 40.1. The summed E-state index contributed by atoms with van der Waals surface area (Å²) in [7, 11) is 1.57. The quantitative estimate of drug-likeness (QED) is 0.620. The zero-order chi connectivity index (χ0) is 16.8. The van der Waals surface area contributed by atoms with Crippen LogP contribution in [0, 0.1) is 0 Å². The van der Waals surface area contributed by atoms with Crippen LogP contribution in [0.1, 0.15) is 5.56 Å². The molecule has 0 N–H and O–H groups in total. The van der Waals surface area contributed by atoms with E-state index in [4.69, 9.17) is 11.6 Å². The summed E-state index contributed by atoms with van der Waals surface area (Å²) >= 11 is 6.33. The van der Waals surface area contributed by atoms with E-state index in [1.54, 1.807) is 31.3 Å². The summed E-state index contributed by atoms with van der Waals surface area (Å²) in [5, 5.41) is 0.770. The maximum Gasteiger partial charge on any atom is 0.416 e. The van der Waals surface area contributed by atoms with Crippen LogP contribution in [0.25, 0.3) is 22.0 Å². The highest BCUT2D eigenvalue weighted by molar-refractivity contribution is 6.38. The molecular formula is C17H11ClF3NO. The Kier molecular flexibility index (Phi) is 3.68. The number of nitrogens with zero attached hydrogens (tertiary/aromatic N) is 1. The number of pyridine rings is 1. The van der Waals surface area contributed by atoms with Gasteiger partial charge in [0.2, 0.25) is 0 Å². The SMILES string of the molecule is Cn1c(=O)c(-c2cccc(C(F)(F)F)c2)c(Cl)c2ccccc21. The van der Waals surface area contributed by atoms with E-state index in [1.165, 1.54) is 16.7 Å². The Balaban J connectivity index is 2.36. The summed E-state index contributed by atoms with van der Waals surface area (Å²) in [6.07, 6.45) is -4.48. The molecule has 2 aromatic carbocycles. The van der Waals surface area contributed by atoms with Crippen molar-refractivity contribution >= 4 is 22.5 Å². The molecule has 2 nitrogen and oxygen atoms in total. The highest BCUT2D eigenvalue weighted by Gasteiger charge is 2.31. The lowest BCUT2D eigenvalue weighted by atomic mass is 10.0. The van der Waals surface area contributed by atoms with Gasteiger partial charge in [-0.2, -0.15) is 13.2 Å². The van der Waals surface area contributed by atoms with E-state index >= 15 is 0 Å². The molecule has 1 aromatic heterocycles. The van der Waals surface area contributed by atoms with Crippen molar-refractivity contribution in [1.29, 1.82) is 0 Å². The number of hydrogen-bond donors (Lipinski definition) is 0. The van der Waals surface area contributed by atoms with Crippen LogP contribution in [0.4, 0.5) is 13.2 Å². The first-order valence-corrected chi connectivity index (χ1v) is 7.13. The smallest absolute Gasteiger partial charge is 0.311 e. The van der Waals surface area contributed by atoms with Gasteiger partial charge in [-0.15, -0.1) is 0 Å². The molecule has 0 amide bonds. The van der Waals surface area contributed by atoms with Gasteiger partial charge < -0.3 is 4.57 Å². The topological polar surface area (TPSA) is 22.0 Å². The van der Waals surface area contributed by atoms with Gasteiger partial charge in [0.1, 0.15) is 0 Å². The lowest BCUT2D eigenvalue weighted by Crippen LogP contribution is -2.19. The van der Waals surface area contributed by atoms with E-state index in [9.17, 15) is 18.0 Å². The van der Waals surface area contributed by atoms with Crippen LogP contribution < -0.4 is 5.56 Å². The van der Waals surface area contributed by atoms with E-state index in [0.29, 0.717) is 10.9 Å².